The van der Waals surface area contributed by atoms with E-state index in [4.69, 9.17) is 4.42 Å². The van der Waals surface area contributed by atoms with Crippen LogP contribution in [0.3, 0.4) is 0 Å². The molecule has 2 aromatic rings. The minimum atomic E-state index is -0.133. The van der Waals surface area contributed by atoms with Gasteiger partial charge < -0.3 is 15.1 Å². The molecular weight excluding hydrogens is 228 g/mol. The molecular formula is C14H16N2O2. The SMILES string of the molecule is CC1CNCC1NC(=O)c1cc2ccccc2o1. The van der Waals surface area contributed by atoms with E-state index in [0.29, 0.717) is 11.7 Å². The van der Waals surface area contributed by atoms with Crippen LogP contribution in [0, 0.1) is 5.92 Å². The summed E-state index contributed by atoms with van der Waals surface area (Å²) in [5.41, 5.74) is 0.750. The maximum atomic E-state index is 12.1. The number of fused-ring (bicyclic) bond motifs is 1. The Balaban J connectivity index is 1.79. The molecule has 0 spiro atoms. The molecule has 2 unspecified atom stereocenters. The lowest BCUT2D eigenvalue weighted by Gasteiger charge is -2.14. The van der Waals surface area contributed by atoms with E-state index in [9.17, 15) is 4.79 Å². The monoisotopic (exact) mass is 244 g/mol. The smallest absolute Gasteiger partial charge is 0.287 e. The lowest BCUT2D eigenvalue weighted by Crippen LogP contribution is -2.39. The maximum Gasteiger partial charge on any atom is 0.287 e. The van der Waals surface area contributed by atoms with Crippen molar-refractivity contribution in [3.8, 4) is 0 Å². The summed E-state index contributed by atoms with van der Waals surface area (Å²) in [7, 11) is 0. The molecule has 1 aromatic heterocycles. The average molecular weight is 244 g/mol. The lowest BCUT2D eigenvalue weighted by atomic mass is 10.1. The molecule has 0 saturated carbocycles. The van der Waals surface area contributed by atoms with Crippen LogP contribution in [0.5, 0.6) is 0 Å². The maximum absolute atomic E-state index is 12.1. The first-order chi connectivity index (χ1) is 8.74. The average Bonchev–Trinajstić information content (AvgIpc) is 2.96. The summed E-state index contributed by atoms with van der Waals surface area (Å²) < 4.78 is 5.54. The van der Waals surface area contributed by atoms with Gasteiger partial charge in [-0.25, -0.2) is 0 Å². The highest BCUT2D eigenvalue weighted by Crippen LogP contribution is 2.19. The molecule has 1 aromatic carbocycles. The van der Waals surface area contributed by atoms with Gasteiger partial charge in [0.2, 0.25) is 0 Å². The van der Waals surface area contributed by atoms with E-state index in [1.54, 1.807) is 6.07 Å². The topological polar surface area (TPSA) is 54.3 Å². The second-order valence-corrected chi connectivity index (χ2v) is 4.86. The summed E-state index contributed by atoms with van der Waals surface area (Å²) in [5, 5.41) is 7.23. The highest BCUT2D eigenvalue weighted by molar-refractivity contribution is 5.96. The Labute approximate surface area is 105 Å². The van der Waals surface area contributed by atoms with E-state index in [1.165, 1.54) is 0 Å². The number of para-hydroxylation sites is 1. The van der Waals surface area contributed by atoms with Crippen LogP contribution in [0.2, 0.25) is 0 Å². The van der Waals surface area contributed by atoms with Gasteiger partial charge >= 0.3 is 0 Å². The number of benzene rings is 1. The van der Waals surface area contributed by atoms with Crippen molar-refractivity contribution in [3.05, 3.63) is 36.1 Å². The van der Waals surface area contributed by atoms with Crippen molar-refractivity contribution in [3.63, 3.8) is 0 Å². The van der Waals surface area contributed by atoms with Gasteiger partial charge in [-0.2, -0.15) is 0 Å². The number of amides is 1. The molecule has 1 aliphatic rings. The third-order valence-electron chi connectivity index (χ3n) is 3.48. The normalized spacial score (nSPS) is 23.4. The highest BCUT2D eigenvalue weighted by atomic mass is 16.3. The molecule has 0 bridgehead atoms. The Hall–Kier alpha value is -1.81. The Morgan fingerprint density at radius 1 is 1.39 bits per heavy atom. The molecule has 0 radical (unpaired) electrons. The Kier molecular flexibility index (Phi) is 2.80. The van der Waals surface area contributed by atoms with Gasteiger partial charge in [-0.05, 0) is 24.6 Å². The van der Waals surface area contributed by atoms with Crippen LogP contribution in [0.1, 0.15) is 17.5 Å². The molecule has 1 fully saturated rings. The van der Waals surface area contributed by atoms with Crippen LogP contribution in [0.25, 0.3) is 11.0 Å². The molecule has 1 saturated heterocycles. The largest absolute Gasteiger partial charge is 0.451 e. The Bertz CT molecular complexity index is 543. The first-order valence-electron chi connectivity index (χ1n) is 6.24. The number of carbonyl (C=O) groups is 1. The first kappa shape index (κ1) is 11.3. The predicted octanol–water partition coefficient (Wildman–Crippen LogP) is 1.77. The Morgan fingerprint density at radius 3 is 2.94 bits per heavy atom. The van der Waals surface area contributed by atoms with Crippen LogP contribution in [-0.4, -0.2) is 25.0 Å². The fourth-order valence-electron chi connectivity index (χ4n) is 2.34. The fourth-order valence-corrected chi connectivity index (χ4v) is 2.34. The van der Waals surface area contributed by atoms with Crippen molar-refractivity contribution < 1.29 is 9.21 Å². The molecule has 0 aliphatic carbocycles. The summed E-state index contributed by atoms with van der Waals surface area (Å²) >= 11 is 0. The van der Waals surface area contributed by atoms with Gasteiger partial charge in [0.1, 0.15) is 5.58 Å². The molecule has 2 atom stereocenters. The minimum absolute atomic E-state index is 0.133. The van der Waals surface area contributed by atoms with Crippen LogP contribution >= 0.6 is 0 Å². The summed E-state index contributed by atoms with van der Waals surface area (Å²) in [4.78, 5) is 12.1. The zero-order valence-corrected chi connectivity index (χ0v) is 10.3. The standard InChI is InChI=1S/C14H16N2O2/c1-9-7-15-8-11(9)16-14(17)13-6-10-4-2-3-5-12(10)18-13/h2-6,9,11,15H,7-8H2,1H3,(H,16,17). The van der Waals surface area contributed by atoms with Crippen molar-refractivity contribution in [1.82, 2.24) is 10.6 Å². The van der Waals surface area contributed by atoms with E-state index >= 15 is 0 Å². The van der Waals surface area contributed by atoms with Gasteiger partial charge in [-0.1, -0.05) is 25.1 Å². The van der Waals surface area contributed by atoms with Crippen LogP contribution < -0.4 is 10.6 Å². The third kappa shape index (κ3) is 1.99. The quantitative estimate of drug-likeness (QED) is 0.846. The van der Waals surface area contributed by atoms with E-state index in [-0.39, 0.29) is 11.9 Å². The molecule has 1 aliphatic heterocycles. The number of hydrogen-bond donors (Lipinski definition) is 2. The van der Waals surface area contributed by atoms with E-state index in [0.717, 1.165) is 24.1 Å². The van der Waals surface area contributed by atoms with E-state index in [2.05, 4.69) is 17.6 Å². The van der Waals surface area contributed by atoms with Gasteiger partial charge in [-0.3, -0.25) is 4.79 Å². The van der Waals surface area contributed by atoms with Crippen molar-refractivity contribution in [2.75, 3.05) is 13.1 Å². The van der Waals surface area contributed by atoms with Crippen molar-refractivity contribution >= 4 is 16.9 Å². The first-order valence-corrected chi connectivity index (χ1v) is 6.24. The van der Waals surface area contributed by atoms with Crippen LogP contribution in [0.4, 0.5) is 0 Å². The lowest BCUT2D eigenvalue weighted by molar-refractivity contribution is 0.0907. The third-order valence-corrected chi connectivity index (χ3v) is 3.48. The predicted molar refractivity (Wildman–Crippen MR) is 69.5 cm³/mol. The number of carbonyl (C=O) groups excluding carboxylic acids is 1. The van der Waals surface area contributed by atoms with Crippen molar-refractivity contribution in [2.45, 2.75) is 13.0 Å². The molecule has 2 N–H and O–H groups in total. The molecule has 4 nitrogen and oxygen atoms in total. The van der Waals surface area contributed by atoms with Crippen LogP contribution in [-0.2, 0) is 0 Å². The van der Waals surface area contributed by atoms with Gasteiger partial charge in [0, 0.05) is 18.0 Å². The number of nitrogens with one attached hydrogen (secondary N) is 2. The number of furan rings is 1. The van der Waals surface area contributed by atoms with Crippen LogP contribution in [0.15, 0.2) is 34.7 Å². The Morgan fingerprint density at radius 2 is 2.22 bits per heavy atom. The van der Waals surface area contributed by atoms with Crippen molar-refractivity contribution in [2.24, 2.45) is 5.92 Å². The van der Waals surface area contributed by atoms with Crippen molar-refractivity contribution in [1.29, 1.82) is 0 Å². The summed E-state index contributed by atoms with van der Waals surface area (Å²) in [6, 6.07) is 9.61. The summed E-state index contributed by atoms with van der Waals surface area (Å²) in [6.07, 6.45) is 0. The molecule has 2 heterocycles. The fraction of sp³-hybridized carbons (Fsp3) is 0.357. The van der Waals surface area contributed by atoms with E-state index in [1.807, 2.05) is 24.3 Å². The zero-order valence-electron chi connectivity index (χ0n) is 10.3. The summed E-state index contributed by atoms with van der Waals surface area (Å²) in [5.74, 6) is 0.709. The summed E-state index contributed by atoms with van der Waals surface area (Å²) in [6.45, 7) is 3.90. The molecule has 94 valence electrons. The second-order valence-electron chi connectivity index (χ2n) is 4.86. The van der Waals surface area contributed by atoms with Gasteiger partial charge in [-0.15, -0.1) is 0 Å². The minimum Gasteiger partial charge on any atom is -0.451 e. The van der Waals surface area contributed by atoms with Gasteiger partial charge in [0.15, 0.2) is 5.76 Å². The van der Waals surface area contributed by atoms with Gasteiger partial charge in [0.25, 0.3) is 5.91 Å². The zero-order chi connectivity index (χ0) is 12.5. The molecule has 4 heteroatoms. The number of hydrogen-bond acceptors (Lipinski definition) is 3. The second kappa shape index (κ2) is 4.46. The highest BCUT2D eigenvalue weighted by Gasteiger charge is 2.25. The molecule has 1 amide bonds. The number of rotatable bonds is 2. The van der Waals surface area contributed by atoms with E-state index < -0.39 is 0 Å². The van der Waals surface area contributed by atoms with Gasteiger partial charge in [0.05, 0.1) is 0 Å². The molecule has 18 heavy (non-hydrogen) atoms. The molecule has 3 rings (SSSR count).